The number of unbranched alkanes of at least 4 members (excludes halogenated alkanes) is 1. The smallest absolute Gasteiger partial charge is 0.161 e. The Bertz CT molecular complexity index is 360. The highest BCUT2D eigenvalue weighted by Gasteiger charge is 2.06. The first-order chi connectivity index (χ1) is 9.81. The van der Waals surface area contributed by atoms with Gasteiger partial charge in [0.1, 0.15) is 6.61 Å². The Morgan fingerprint density at radius 1 is 1.00 bits per heavy atom. The number of alkyl halides is 1. The van der Waals surface area contributed by atoms with Gasteiger partial charge in [-0.05, 0) is 32.0 Å². The monoisotopic (exact) mass is 299 g/mol. The Kier molecular flexibility index (Phi) is 9.25. The van der Waals surface area contributed by atoms with Crippen molar-refractivity contribution >= 4 is 11.6 Å². The summed E-state index contributed by atoms with van der Waals surface area (Å²) in [4.78, 5) is 2.35. The summed E-state index contributed by atoms with van der Waals surface area (Å²) in [5.74, 6) is 2.29. The largest absolute Gasteiger partial charge is 0.490 e. The lowest BCUT2D eigenvalue weighted by Crippen LogP contribution is -2.31. The number of para-hydroxylation sites is 2. The lowest BCUT2D eigenvalue weighted by molar-refractivity contribution is 0.207. The fourth-order valence-corrected chi connectivity index (χ4v) is 2.20. The van der Waals surface area contributed by atoms with Crippen molar-refractivity contribution in [1.82, 2.24) is 4.90 Å². The van der Waals surface area contributed by atoms with Gasteiger partial charge >= 0.3 is 0 Å². The summed E-state index contributed by atoms with van der Waals surface area (Å²) in [7, 11) is 0. The lowest BCUT2D eigenvalue weighted by Gasteiger charge is -2.21. The number of hydrogen-bond donors (Lipinski definition) is 0. The molecule has 4 heteroatoms. The van der Waals surface area contributed by atoms with Crippen molar-refractivity contribution in [3.63, 3.8) is 0 Å². The van der Waals surface area contributed by atoms with E-state index in [0.717, 1.165) is 31.1 Å². The molecule has 0 amide bonds. The molecule has 20 heavy (non-hydrogen) atoms. The highest BCUT2D eigenvalue weighted by atomic mass is 35.5. The van der Waals surface area contributed by atoms with E-state index in [4.69, 9.17) is 21.1 Å². The average Bonchev–Trinajstić information content (AvgIpc) is 2.47. The average molecular weight is 300 g/mol. The molecule has 0 fully saturated rings. The summed E-state index contributed by atoms with van der Waals surface area (Å²) < 4.78 is 11.4. The number of ether oxygens (including phenoxy) is 2. The van der Waals surface area contributed by atoms with Crippen LogP contribution in [0.2, 0.25) is 0 Å². The number of rotatable bonds is 11. The van der Waals surface area contributed by atoms with Gasteiger partial charge in [0, 0.05) is 19.0 Å². The molecule has 1 rings (SSSR count). The first-order valence-corrected chi connectivity index (χ1v) is 7.98. The van der Waals surface area contributed by atoms with Gasteiger partial charge in [0.25, 0.3) is 0 Å². The van der Waals surface area contributed by atoms with Crippen molar-refractivity contribution in [2.24, 2.45) is 0 Å². The van der Waals surface area contributed by atoms with E-state index in [1.165, 1.54) is 12.8 Å². The Labute approximate surface area is 127 Å². The number of hydrogen-bond acceptors (Lipinski definition) is 3. The van der Waals surface area contributed by atoms with Crippen LogP contribution in [-0.2, 0) is 0 Å². The summed E-state index contributed by atoms with van der Waals surface area (Å²) in [6, 6.07) is 7.81. The number of halogens is 1. The molecular formula is C16H26ClNO2. The van der Waals surface area contributed by atoms with Crippen LogP contribution in [0.15, 0.2) is 24.3 Å². The minimum absolute atomic E-state index is 0.648. The van der Waals surface area contributed by atoms with Crippen LogP contribution in [0.25, 0.3) is 0 Å². The van der Waals surface area contributed by atoms with Crippen LogP contribution >= 0.6 is 11.6 Å². The zero-order valence-electron chi connectivity index (χ0n) is 12.6. The number of nitrogens with zero attached hydrogens (tertiary/aromatic N) is 1. The van der Waals surface area contributed by atoms with Gasteiger partial charge in [-0.3, -0.25) is 4.90 Å². The van der Waals surface area contributed by atoms with E-state index in [2.05, 4.69) is 11.8 Å². The zero-order valence-corrected chi connectivity index (χ0v) is 13.4. The summed E-state index contributed by atoms with van der Waals surface area (Å²) in [6.45, 7) is 8.38. The van der Waals surface area contributed by atoms with Gasteiger partial charge in [0.05, 0.1) is 6.61 Å². The van der Waals surface area contributed by atoms with E-state index in [0.29, 0.717) is 19.1 Å². The fourth-order valence-electron chi connectivity index (χ4n) is 1.97. The van der Waals surface area contributed by atoms with E-state index in [1.54, 1.807) is 0 Å². The molecule has 1 aromatic carbocycles. The molecule has 0 aromatic heterocycles. The molecule has 0 aliphatic rings. The molecule has 0 aliphatic carbocycles. The van der Waals surface area contributed by atoms with Crippen LogP contribution in [0.4, 0.5) is 0 Å². The second kappa shape index (κ2) is 10.8. The third kappa shape index (κ3) is 6.49. The van der Waals surface area contributed by atoms with Crippen molar-refractivity contribution < 1.29 is 9.47 Å². The Morgan fingerprint density at radius 2 is 1.70 bits per heavy atom. The van der Waals surface area contributed by atoms with Gasteiger partial charge in [0.2, 0.25) is 0 Å². The molecule has 0 radical (unpaired) electrons. The summed E-state index contributed by atoms with van der Waals surface area (Å²) in [5, 5.41) is 0. The molecule has 0 aliphatic heterocycles. The molecule has 0 bridgehead atoms. The fraction of sp³-hybridized carbons (Fsp3) is 0.625. The van der Waals surface area contributed by atoms with Crippen molar-refractivity contribution in [1.29, 1.82) is 0 Å². The summed E-state index contributed by atoms with van der Waals surface area (Å²) in [5.41, 5.74) is 0. The molecule has 0 spiro atoms. The van der Waals surface area contributed by atoms with Gasteiger partial charge in [-0.2, -0.15) is 0 Å². The van der Waals surface area contributed by atoms with Gasteiger partial charge < -0.3 is 9.47 Å². The molecular weight excluding hydrogens is 274 g/mol. The first-order valence-electron chi connectivity index (χ1n) is 7.44. The maximum absolute atomic E-state index is 5.84. The third-order valence-electron chi connectivity index (χ3n) is 3.04. The van der Waals surface area contributed by atoms with Crippen molar-refractivity contribution in [2.45, 2.75) is 26.7 Å². The summed E-state index contributed by atoms with van der Waals surface area (Å²) in [6.07, 6.45) is 2.40. The Morgan fingerprint density at radius 3 is 2.30 bits per heavy atom. The second-order valence-electron chi connectivity index (χ2n) is 4.61. The molecule has 3 nitrogen and oxygen atoms in total. The van der Waals surface area contributed by atoms with E-state index in [-0.39, 0.29) is 0 Å². The quantitative estimate of drug-likeness (QED) is 0.580. The van der Waals surface area contributed by atoms with Crippen LogP contribution in [0.3, 0.4) is 0 Å². The van der Waals surface area contributed by atoms with E-state index in [9.17, 15) is 0 Å². The minimum atomic E-state index is 0.648. The zero-order chi connectivity index (χ0) is 14.6. The predicted octanol–water partition coefficient (Wildman–Crippen LogP) is 3.81. The topological polar surface area (TPSA) is 21.7 Å². The van der Waals surface area contributed by atoms with Crippen molar-refractivity contribution in [3.8, 4) is 11.5 Å². The maximum Gasteiger partial charge on any atom is 0.161 e. The molecule has 0 saturated heterocycles. The maximum atomic E-state index is 5.84. The second-order valence-corrected chi connectivity index (χ2v) is 4.99. The predicted molar refractivity (Wildman–Crippen MR) is 85.2 cm³/mol. The van der Waals surface area contributed by atoms with Gasteiger partial charge in [0.15, 0.2) is 11.5 Å². The third-order valence-corrected chi connectivity index (χ3v) is 3.21. The van der Waals surface area contributed by atoms with Crippen molar-refractivity contribution in [3.05, 3.63) is 24.3 Å². The van der Waals surface area contributed by atoms with Gasteiger partial charge in [-0.15, -0.1) is 11.6 Å². The van der Waals surface area contributed by atoms with Crippen LogP contribution in [0.5, 0.6) is 11.5 Å². The van der Waals surface area contributed by atoms with Crippen LogP contribution < -0.4 is 9.47 Å². The van der Waals surface area contributed by atoms with Crippen LogP contribution in [-0.4, -0.2) is 43.6 Å². The Hall–Kier alpha value is -0.930. The van der Waals surface area contributed by atoms with E-state index < -0.39 is 0 Å². The normalized spacial score (nSPS) is 10.8. The Balaban J connectivity index is 2.41. The van der Waals surface area contributed by atoms with E-state index >= 15 is 0 Å². The van der Waals surface area contributed by atoms with Crippen LogP contribution in [0, 0.1) is 0 Å². The molecule has 0 unspecified atom stereocenters. The van der Waals surface area contributed by atoms with Gasteiger partial charge in [-0.25, -0.2) is 0 Å². The molecule has 114 valence electrons. The molecule has 0 heterocycles. The standard InChI is InChI=1S/C16H26ClNO2/c1-3-5-11-18(12-10-17)13-14-20-16-9-7-6-8-15(16)19-4-2/h6-9H,3-5,10-14H2,1-2H3. The SMILES string of the molecule is CCCCN(CCCl)CCOc1ccccc1OCC. The number of benzene rings is 1. The van der Waals surface area contributed by atoms with E-state index in [1.807, 2.05) is 31.2 Å². The van der Waals surface area contributed by atoms with Crippen molar-refractivity contribution in [2.75, 3.05) is 38.7 Å². The molecule has 0 saturated carbocycles. The van der Waals surface area contributed by atoms with Crippen LogP contribution in [0.1, 0.15) is 26.7 Å². The first kappa shape index (κ1) is 17.1. The highest BCUT2D eigenvalue weighted by molar-refractivity contribution is 6.18. The molecule has 1 aromatic rings. The highest BCUT2D eigenvalue weighted by Crippen LogP contribution is 2.26. The minimum Gasteiger partial charge on any atom is -0.490 e. The molecule has 0 N–H and O–H groups in total. The molecule has 0 atom stereocenters. The van der Waals surface area contributed by atoms with Gasteiger partial charge in [-0.1, -0.05) is 25.5 Å². The lowest BCUT2D eigenvalue weighted by atomic mass is 10.3. The summed E-state index contributed by atoms with van der Waals surface area (Å²) >= 11 is 5.84.